The highest BCUT2D eigenvalue weighted by Crippen LogP contribution is 2.28. The Bertz CT molecular complexity index is 1310. The van der Waals surface area contributed by atoms with Crippen molar-refractivity contribution in [1.29, 1.82) is 0 Å². The lowest BCUT2D eigenvalue weighted by Crippen LogP contribution is -2.23. The Morgan fingerprint density at radius 2 is 1.71 bits per heavy atom. The predicted molar refractivity (Wildman–Crippen MR) is 130 cm³/mol. The van der Waals surface area contributed by atoms with Crippen molar-refractivity contribution < 1.29 is 14.3 Å². The molecule has 0 fully saturated rings. The number of hydrogen-bond acceptors (Lipinski definition) is 6. The number of fused-ring (bicyclic) bond motifs is 1. The van der Waals surface area contributed by atoms with Gasteiger partial charge in [0.25, 0.3) is 5.78 Å². The normalized spacial score (nSPS) is 11.0. The molecule has 0 saturated heterocycles. The molecule has 34 heavy (non-hydrogen) atoms. The molecule has 0 unspecified atom stereocenters. The molecule has 0 aliphatic carbocycles. The largest absolute Gasteiger partial charge is 0.497 e. The molecule has 2 heterocycles. The van der Waals surface area contributed by atoms with E-state index in [0.717, 1.165) is 28.1 Å². The summed E-state index contributed by atoms with van der Waals surface area (Å²) < 4.78 is 12.4. The van der Waals surface area contributed by atoms with E-state index >= 15 is 0 Å². The number of benzene rings is 2. The molecule has 4 rings (SSSR count). The number of halogens is 1. The van der Waals surface area contributed by atoms with Crippen LogP contribution >= 0.6 is 11.6 Å². The molecule has 0 aliphatic rings. The number of aryl methyl sites for hydroxylation is 2. The van der Waals surface area contributed by atoms with Crippen LogP contribution in [0.25, 0.3) is 17.2 Å². The van der Waals surface area contributed by atoms with Gasteiger partial charge in [-0.3, -0.25) is 4.79 Å². The lowest BCUT2D eigenvalue weighted by molar-refractivity contribution is -0.121. The first kappa shape index (κ1) is 23.5. The van der Waals surface area contributed by atoms with Crippen LogP contribution in [0.4, 0.5) is 0 Å². The molecule has 0 saturated carbocycles. The summed E-state index contributed by atoms with van der Waals surface area (Å²) in [6, 6.07) is 12.9. The van der Waals surface area contributed by atoms with Crippen LogP contribution in [0.5, 0.6) is 11.5 Å². The van der Waals surface area contributed by atoms with Crippen LogP contribution in [0.15, 0.2) is 42.5 Å². The fraction of sp³-hybridized carbons (Fsp3) is 0.280. The van der Waals surface area contributed by atoms with Gasteiger partial charge in [-0.1, -0.05) is 23.7 Å². The summed E-state index contributed by atoms with van der Waals surface area (Å²) in [5.74, 6) is 2.29. The van der Waals surface area contributed by atoms with Crippen molar-refractivity contribution in [3.05, 3.63) is 70.0 Å². The van der Waals surface area contributed by atoms with Gasteiger partial charge in [0.05, 0.1) is 14.2 Å². The number of nitrogens with zero attached hydrogens (tertiary/aromatic N) is 4. The Morgan fingerprint density at radius 1 is 1.03 bits per heavy atom. The summed E-state index contributed by atoms with van der Waals surface area (Å²) in [6.07, 6.45) is 0.895. The fourth-order valence-electron chi connectivity index (χ4n) is 3.76. The van der Waals surface area contributed by atoms with Crippen molar-refractivity contribution in [2.24, 2.45) is 0 Å². The SMILES string of the molecule is COc1cc(OC)cc(-c2nc3nc(C)c(CCC(=O)NCc4ccc(Cl)cc4)c(C)n3n2)c1. The second-order valence-electron chi connectivity index (χ2n) is 7.91. The summed E-state index contributed by atoms with van der Waals surface area (Å²) in [5, 5.41) is 8.29. The molecular formula is C25H26ClN5O3. The van der Waals surface area contributed by atoms with Gasteiger partial charge in [-0.2, -0.15) is 4.98 Å². The molecule has 8 nitrogen and oxygen atoms in total. The van der Waals surface area contributed by atoms with E-state index in [1.54, 1.807) is 24.8 Å². The highest BCUT2D eigenvalue weighted by molar-refractivity contribution is 6.30. The second kappa shape index (κ2) is 10.1. The predicted octanol–water partition coefficient (Wildman–Crippen LogP) is 4.33. The summed E-state index contributed by atoms with van der Waals surface area (Å²) >= 11 is 5.91. The van der Waals surface area contributed by atoms with Gasteiger partial charge in [-0.15, -0.1) is 5.10 Å². The van der Waals surface area contributed by atoms with Gasteiger partial charge in [0, 0.05) is 41.0 Å². The van der Waals surface area contributed by atoms with E-state index < -0.39 is 0 Å². The Labute approximate surface area is 202 Å². The number of aromatic nitrogens is 4. The Kier molecular flexibility index (Phi) is 6.98. The van der Waals surface area contributed by atoms with Crippen molar-refractivity contribution in [2.75, 3.05) is 14.2 Å². The van der Waals surface area contributed by atoms with Gasteiger partial charge in [-0.25, -0.2) is 9.50 Å². The second-order valence-corrected chi connectivity index (χ2v) is 8.35. The number of nitrogens with one attached hydrogen (secondary N) is 1. The molecular weight excluding hydrogens is 454 g/mol. The van der Waals surface area contributed by atoms with E-state index in [2.05, 4.69) is 20.4 Å². The number of hydrogen-bond donors (Lipinski definition) is 1. The monoisotopic (exact) mass is 479 g/mol. The van der Waals surface area contributed by atoms with E-state index in [1.165, 1.54) is 0 Å². The fourth-order valence-corrected chi connectivity index (χ4v) is 3.88. The molecule has 0 bridgehead atoms. The van der Waals surface area contributed by atoms with Gasteiger partial charge in [0.2, 0.25) is 5.91 Å². The lowest BCUT2D eigenvalue weighted by atomic mass is 10.1. The van der Waals surface area contributed by atoms with Gasteiger partial charge in [0.15, 0.2) is 5.82 Å². The molecule has 0 atom stereocenters. The zero-order chi connectivity index (χ0) is 24.2. The Balaban J connectivity index is 1.52. The number of carbonyl (C=O) groups is 1. The third-order valence-corrected chi connectivity index (χ3v) is 5.92. The summed E-state index contributed by atoms with van der Waals surface area (Å²) in [4.78, 5) is 21.7. The van der Waals surface area contributed by atoms with Crippen molar-refractivity contribution in [3.63, 3.8) is 0 Å². The zero-order valence-electron chi connectivity index (χ0n) is 19.6. The minimum absolute atomic E-state index is 0.0309. The first-order valence-electron chi connectivity index (χ1n) is 10.9. The molecule has 4 aromatic rings. The zero-order valence-corrected chi connectivity index (χ0v) is 20.3. The van der Waals surface area contributed by atoms with Crippen LogP contribution in [-0.4, -0.2) is 39.7 Å². The molecule has 1 N–H and O–H groups in total. The molecule has 2 aromatic heterocycles. The average molecular weight is 480 g/mol. The molecule has 0 aliphatic heterocycles. The van der Waals surface area contributed by atoms with Gasteiger partial charge >= 0.3 is 0 Å². The Morgan fingerprint density at radius 3 is 2.35 bits per heavy atom. The molecule has 2 aromatic carbocycles. The molecule has 0 spiro atoms. The standard InChI is InChI=1S/C25H26ClN5O3/c1-15-22(9-10-23(32)27-14-17-5-7-19(26)8-6-17)16(2)31-25(28-15)29-24(30-31)18-11-20(33-3)13-21(12-18)34-4/h5-8,11-13H,9-10,14H2,1-4H3,(H,27,32). The van der Waals surface area contributed by atoms with Crippen LogP contribution in [0.1, 0.15) is 28.9 Å². The summed E-state index contributed by atoms with van der Waals surface area (Å²) in [6.45, 7) is 4.35. The highest BCUT2D eigenvalue weighted by atomic mass is 35.5. The average Bonchev–Trinajstić information content (AvgIpc) is 3.27. The first-order valence-corrected chi connectivity index (χ1v) is 11.2. The summed E-state index contributed by atoms with van der Waals surface area (Å²) in [7, 11) is 3.20. The topological polar surface area (TPSA) is 90.6 Å². The van der Waals surface area contributed by atoms with Crippen LogP contribution in [-0.2, 0) is 17.8 Å². The van der Waals surface area contributed by atoms with Crippen molar-refractivity contribution in [2.45, 2.75) is 33.2 Å². The van der Waals surface area contributed by atoms with Gasteiger partial charge < -0.3 is 14.8 Å². The van der Waals surface area contributed by atoms with Crippen LogP contribution in [0, 0.1) is 13.8 Å². The van der Waals surface area contributed by atoms with E-state index in [4.69, 9.17) is 21.1 Å². The third kappa shape index (κ3) is 5.12. The highest BCUT2D eigenvalue weighted by Gasteiger charge is 2.16. The van der Waals surface area contributed by atoms with Crippen LogP contribution in [0.2, 0.25) is 5.02 Å². The van der Waals surface area contributed by atoms with E-state index in [1.807, 2.05) is 50.2 Å². The maximum Gasteiger partial charge on any atom is 0.253 e. The van der Waals surface area contributed by atoms with E-state index in [-0.39, 0.29) is 5.91 Å². The number of carbonyl (C=O) groups excluding carboxylic acids is 1. The number of methoxy groups -OCH3 is 2. The summed E-state index contributed by atoms with van der Waals surface area (Å²) in [5.41, 5.74) is 4.48. The maximum atomic E-state index is 12.4. The smallest absolute Gasteiger partial charge is 0.253 e. The van der Waals surface area contributed by atoms with E-state index in [0.29, 0.717) is 47.5 Å². The third-order valence-electron chi connectivity index (χ3n) is 5.66. The van der Waals surface area contributed by atoms with Gasteiger partial charge in [-0.05, 0) is 55.7 Å². The first-order chi connectivity index (χ1) is 16.4. The van der Waals surface area contributed by atoms with Crippen LogP contribution in [0.3, 0.4) is 0 Å². The quantitative estimate of drug-likeness (QED) is 0.404. The Hall–Kier alpha value is -3.65. The number of amides is 1. The van der Waals surface area contributed by atoms with Crippen molar-refractivity contribution in [1.82, 2.24) is 24.9 Å². The van der Waals surface area contributed by atoms with Gasteiger partial charge in [0.1, 0.15) is 11.5 Å². The molecule has 9 heteroatoms. The minimum Gasteiger partial charge on any atom is -0.497 e. The molecule has 0 radical (unpaired) electrons. The van der Waals surface area contributed by atoms with E-state index in [9.17, 15) is 4.79 Å². The minimum atomic E-state index is -0.0309. The maximum absolute atomic E-state index is 12.4. The molecule has 1 amide bonds. The lowest BCUT2D eigenvalue weighted by Gasteiger charge is -2.10. The van der Waals surface area contributed by atoms with Crippen molar-refractivity contribution >= 4 is 23.3 Å². The van der Waals surface area contributed by atoms with Crippen LogP contribution < -0.4 is 14.8 Å². The molecule has 176 valence electrons. The number of rotatable bonds is 8. The van der Waals surface area contributed by atoms with Crippen molar-refractivity contribution in [3.8, 4) is 22.9 Å². The number of ether oxygens (including phenoxy) is 2.